The van der Waals surface area contributed by atoms with Crippen molar-refractivity contribution in [1.82, 2.24) is 30.4 Å². The fraction of sp³-hybridized carbons (Fsp3) is 0.381. The van der Waals surface area contributed by atoms with Gasteiger partial charge in [0.2, 0.25) is 11.7 Å². The van der Waals surface area contributed by atoms with Crippen LogP contribution in [0.1, 0.15) is 48.3 Å². The van der Waals surface area contributed by atoms with Gasteiger partial charge in [0, 0.05) is 24.2 Å². The average Bonchev–Trinajstić information content (AvgIpc) is 3.22. The molecule has 0 atom stereocenters. The smallest absolute Gasteiger partial charge is 0.291 e. The monoisotopic (exact) mass is 407 g/mol. The Morgan fingerprint density at radius 3 is 2.80 bits per heavy atom. The highest BCUT2D eigenvalue weighted by Crippen LogP contribution is 2.20. The van der Waals surface area contributed by atoms with E-state index in [0.29, 0.717) is 12.4 Å². The summed E-state index contributed by atoms with van der Waals surface area (Å²) in [5.41, 5.74) is 6.82. The number of nitrogens with one attached hydrogen (secondary N) is 2. The summed E-state index contributed by atoms with van der Waals surface area (Å²) in [7, 11) is 0. The van der Waals surface area contributed by atoms with Gasteiger partial charge in [-0.3, -0.25) is 9.59 Å². The van der Waals surface area contributed by atoms with Crippen LogP contribution in [-0.2, 0) is 17.9 Å². The Morgan fingerprint density at radius 2 is 1.97 bits per heavy atom. The third-order valence-corrected chi connectivity index (χ3v) is 5.33. The van der Waals surface area contributed by atoms with Gasteiger partial charge in [0.15, 0.2) is 0 Å². The number of nitrogens with zero attached hydrogens (tertiary/aromatic N) is 4. The molecule has 4 rings (SSSR count). The number of nitrogen functional groups attached to an aromatic ring is 1. The summed E-state index contributed by atoms with van der Waals surface area (Å²) in [4.78, 5) is 32.7. The Kier molecular flexibility index (Phi) is 5.87. The first kappa shape index (κ1) is 19.8. The number of carbonyl (C=O) groups is 2. The summed E-state index contributed by atoms with van der Waals surface area (Å²) in [6, 6.07) is 7.84. The van der Waals surface area contributed by atoms with Crippen molar-refractivity contribution < 1.29 is 9.59 Å². The molecule has 0 saturated heterocycles. The molecule has 9 nitrogen and oxygen atoms in total. The highest BCUT2D eigenvalue weighted by atomic mass is 16.2. The minimum atomic E-state index is -0.286. The summed E-state index contributed by atoms with van der Waals surface area (Å²) in [6.07, 6.45) is 8.54. The molecule has 156 valence electrons. The largest absolute Gasteiger partial charge is 0.383 e. The Labute approximate surface area is 174 Å². The van der Waals surface area contributed by atoms with Crippen LogP contribution in [0.15, 0.2) is 36.8 Å². The van der Waals surface area contributed by atoms with Crippen molar-refractivity contribution >= 4 is 28.4 Å². The van der Waals surface area contributed by atoms with Crippen molar-refractivity contribution in [1.29, 1.82) is 0 Å². The third kappa shape index (κ3) is 4.73. The Balaban J connectivity index is 1.29. The van der Waals surface area contributed by atoms with E-state index in [9.17, 15) is 9.59 Å². The van der Waals surface area contributed by atoms with Crippen molar-refractivity contribution in [3.05, 3.63) is 48.2 Å². The van der Waals surface area contributed by atoms with Gasteiger partial charge in [-0.15, -0.1) is 5.10 Å². The number of nitrogens with two attached hydrogens (primary N) is 1. The summed E-state index contributed by atoms with van der Waals surface area (Å²) in [5.74, 6) is 0.0751. The van der Waals surface area contributed by atoms with E-state index in [4.69, 9.17) is 5.73 Å². The second-order valence-electron chi connectivity index (χ2n) is 7.60. The van der Waals surface area contributed by atoms with E-state index in [1.165, 1.54) is 17.4 Å². The standard InChI is InChI=1S/C21H25N7O2/c22-19-17-7-6-14(10-15(17)8-9-23-19)11-24-18(29)12-28-13-25-20(27-28)21(30)26-16-4-2-1-3-5-16/h6-10,13,16H,1-5,11-12H2,(H2,22,23)(H,24,29)(H,26,30). The number of aromatic nitrogens is 4. The minimum absolute atomic E-state index is 0.00580. The molecule has 1 aliphatic rings. The van der Waals surface area contributed by atoms with E-state index >= 15 is 0 Å². The quantitative estimate of drug-likeness (QED) is 0.571. The van der Waals surface area contributed by atoms with Gasteiger partial charge in [-0.05, 0) is 35.9 Å². The minimum Gasteiger partial charge on any atom is -0.383 e. The van der Waals surface area contributed by atoms with Crippen molar-refractivity contribution in [2.24, 2.45) is 0 Å². The first-order valence-electron chi connectivity index (χ1n) is 10.2. The summed E-state index contributed by atoms with van der Waals surface area (Å²) in [5, 5.41) is 11.8. The fourth-order valence-corrected chi connectivity index (χ4v) is 3.74. The highest BCUT2D eigenvalue weighted by Gasteiger charge is 2.19. The second-order valence-corrected chi connectivity index (χ2v) is 7.60. The number of carbonyl (C=O) groups excluding carboxylic acids is 2. The number of amides is 2. The van der Waals surface area contributed by atoms with Crippen LogP contribution in [0.5, 0.6) is 0 Å². The number of hydrogen-bond donors (Lipinski definition) is 3. The molecule has 2 aromatic heterocycles. The summed E-state index contributed by atoms with van der Waals surface area (Å²) >= 11 is 0. The first-order chi connectivity index (χ1) is 14.6. The van der Waals surface area contributed by atoms with Gasteiger partial charge in [-0.1, -0.05) is 31.4 Å². The van der Waals surface area contributed by atoms with Crippen molar-refractivity contribution in [2.45, 2.75) is 51.2 Å². The normalized spacial score (nSPS) is 14.5. The molecule has 30 heavy (non-hydrogen) atoms. The van der Waals surface area contributed by atoms with Gasteiger partial charge in [0.05, 0.1) is 0 Å². The molecule has 0 bridgehead atoms. The van der Waals surface area contributed by atoms with Crippen LogP contribution in [0, 0.1) is 0 Å². The van der Waals surface area contributed by atoms with Gasteiger partial charge in [0.25, 0.3) is 5.91 Å². The molecule has 2 amide bonds. The third-order valence-electron chi connectivity index (χ3n) is 5.33. The number of benzene rings is 1. The van der Waals surface area contributed by atoms with Crippen LogP contribution in [0.3, 0.4) is 0 Å². The maximum absolute atomic E-state index is 12.3. The molecule has 3 aromatic rings. The van der Waals surface area contributed by atoms with E-state index in [0.717, 1.165) is 42.0 Å². The van der Waals surface area contributed by atoms with Crippen molar-refractivity contribution in [3.63, 3.8) is 0 Å². The molecular weight excluding hydrogens is 382 g/mol. The van der Waals surface area contributed by atoms with E-state index in [2.05, 4.69) is 25.7 Å². The zero-order valence-electron chi connectivity index (χ0n) is 16.7. The van der Waals surface area contributed by atoms with E-state index in [1.54, 1.807) is 6.20 Å². The second kappa shape index (κ2) is 8.89. The van der Waals surface area contributed by atoms with Gasteiger partial charge >= 0.3 is 0 Å². The molecular formula is C21H25N7O2. The summed E-state index contributed by atoms with van der Waals surface area (Å²) in [6.45, 7) is 0.370. The number of rotatable bonds is 6. The zero-order valence-corrected chi connectivity index (χ0v) is 16.7. The van der Waals surface area contributed by atoms with Crippen molar-refractivity contribution in [2.75, 3.05) is 5.73 Å². The topological polar surface area (TPSA) is 128 Å². The van der Waals surface area contributed by atoms with Crippen LogP contribution in [-0.4, -0.2) is 37.6 Å². The van der Waals surface area contributed by atoms with Crippen LogP contribution < -0.4 is 16.4 Å². The number of fused-ring (bicyclic) bond motifs is 1. The molecule has 1 aliphatic carbocycles. The number of anilines is 1. The lowest BCUT2D eigenvalue weighted by atomic mass is 9.95. The zero-order chi connectivity index (χ0) is 20.9. The molecule has 0 aliphatic heterocycles. The lowest BCUT2D eigenvalue weighted by Crippen LogP contribution is -2.36. The first-order valence-corrected chi connectivity index (χ1v) is 10.2. The lowest BCUT2D eigenvalue weighted by Gasteiger charge is -2.21. The maximum Gasteiger partial charge on any atom is 0.291 e. The molecule has 1 aromatic carbocycles. The molecule has 9 heteroatoms. The van der Waals surface area contributed by atoms with E-state index in [-0.39, 0.29) is 30.2 Å². The van der Waals surface area contributed by atoms with Gasteiger partial charge in [-0.2, -0.15) is 0 Å². The fourth-order valence-electron chi connectivity index (χ4n) is 3.74. The van der Waals surface area contributed by atoms with Gasteiger partial charge < -0.3 is 16.4 Å². The molecule has 0 unspecified atom stereocenters. The Bertz CT molecular complexity index is 1060. The Hall–Kier alpha value is -3.49. The predicted octanol–water partition coefficient (Wildman–Crippen LogP) is 1.79. The molecule has 4 N–H and O–H groups in total. The highest BCUT2D eigenvalue weighted by molar-refractivity contribution is 5.91. The van der Waals surface area contributed by atoms with E-state index < -0.39 is 0 Å². The number of hydrogen-bond acceptors (Lipinski definition) is 6. The lowest BCUT2D eigenvalue weighted by molar-refractivity contribution is -0.122. The molecule has 0 radical (unpaired) electrons. The average molecular weight is 407 g/mol. The number of pyridine rings is 1. The molecule has 0 spiro atoms. The van der Waals surface area contributed by atoms with E-state index in [1.807, 2.05) is 24.3 Å². The molecule has 2 heterocycles. The van der Waals surface area contributed by atoms with Crippen molar-refractivity contribution in [3.8, 4) is 0 Å². The van der Waals surface area contributed by atoms with Crippen LogP contribution in [0.4, 0.5) is 5.82 Å². The van der Waals surface area contributed by atoms with Crippen LogP contribution in [0.25, 0.3) is 10.8 Å². The van der Waals surface area contributed by atoms with Gasteiger partial charge in [-0.25, -0.2) is 14.6 Å². The van der Waals surface area contributed by atoms with Gasteiger partial charge in [0.1, 0.15) is 18.7 Å². The van der Waals surface area contributed by atoms with Crippen LogP contribution >= 0.6 is 0 Å². The predicted molar refractivity (Wildman–Crippen MR) is 112 cm³/mol. The maximum atomic E-state index is 12.3. The Morgan fingerprint density at radius 1 is 1.13 bits per heavy atom. The van der Waals surface area contributed by atoms with Crippen LogP contribution in [0.2, 0.25) is 0 Å². The molecule has 1 fully saturated rings. The molecule has 1 saturated carbocycles. The summed E-state index contributed by atoms with van der Waals surface area (Å²) < 4.78 is 1.37. The SMILES string of the molecule is Nc1nccc2cc(CNC(=O)Cn3cnc(C(=O)NC4CCCCC4)n3)ccc12.